The van der Waals surface area contributed by atoms with E-state index in [1.54, 1.807) is 0 Å². The Morgan fingerprint density at radius 3 is 2.30 bits per heavy atom. The van der Waals surface area contributed by atoms with Gasteiger partial charge >= 0.3 is 62.2 Å². The first-order valence-electron chi connectivity index (χ1n) is 3.12. The van der Waals surface area contributed by atoms with Crippen molar-refractivity contribution in [3.63, 3.8) is 0 Å². The fraction of sp³-hybridized carbons (Fsp3) is 1.00. The summed E-state index contributed by atoms with van der Waals surface area (Å²) in [6.07, 6.45) is 4.36. The summed E-state index contributed by atoms with van der Waals surface area (Å²) in [7, 11) is 0. The molecule has 1 aliphatic carbocycles. The van der Waals surface area contributed by atoms with E-state index in [4.69, 9.17) is 6.40 Å². The van der Waals surface area contributed by atoms with Crippen molar-refractivity contribution in [3.8, 4) is 0 Å². The van der Waals surface area contributed by atoms with Crippen molar-refractivity contribution >= 4 is 33.4 Å². The average Bonchev–Trinajstić information content (AvgIpc) is 2.15. The van der Waals surface area contributed by atoms with Gasteiger partial charge in [-0.1, -0.05) is 0 Å². The molecular weight excluding hydrogens is 265 g/mol. The first-order valence-corrected chi connectivity index (χ1v) is 6.34. The van der Waals surface area contributed by atoms with Gasteiger partial charge in [0.2, 0.25) is 0 Å². The Morgan fingerprint density at radius 2 is 1.90 bits per heavy atom. The molecule has 0 amide bonds. The fourth-order valence-corrected chi connectivity index (χ4v) is 2.45. The van der Waals surface area contributed by atoms with Crippen LogP contribution in [0.25, 0.3) is 0 Å². The summed E-state index contributed by atoms with van der Waals surface area (Å²) in [5, 5.41) is 0. The van der Waals surface area contributed by atoms with Gasteiger partial charge in [0.15, 0.2) is 0 Å². The van der Waals surface area contributed by atoms with E-state index in [9.17, 15) is 3.02 Å². The first kappa shape index (κ1) is 10.8. The van der Waals surface area contributed by atoms with Gasteiger partial charge in [-0.2, -0.15) is 0 Å². The van der Waals surface area contributed by atoms with Crippen molar-refractivity contribution < 1.29 is 9.42 Å². The molecule has 5 heteroatoms. The molecule has 0 unspecified atom stereocenters. The van der Waals surface area contributed by atoms with Gasteiger partial charge in [0.1, 0.15) is 0 Å². The second kappa shape index (κ2) is 5.47. The Bertz CT molecular complexity index is 113. The predicted molar refractivity (Wildman–Crippen MR) is 39.2 cm³/mol. The molecule has 0 aromatic rings. The van der Waals surface area contributed by atoms with Gasteiger partial charge in [0.05, 0.1) is 0 Å². The standard InChI is InChI=1S/C5H9O.ClH.H2O.O.Sb/c6-5-3-1-2-4-5;;;;/h5H,1-4H2;1H;1H2;;/q-1;;;;+2/p-1. The molecule has 0 bridgehead atoms. The van der Waals surface area contributed by atoms with Crippen molar-refractivity contribution in [2.75, 3.05) is 0 Å². The van der Waals surface area contributed by atoms with Crippen LogP contribution < -0.4 is 0 Å². The molecule has 0 aromatic heterocycles. The monoisotopic (exact) mass is 275 g/mol. The van der Waals surface area contributed by atoms with E-state index in [-0.39, 0.29) is 18.5 Å². The first-order chi connectivity index (χ1) is 4.29. The van der Waals surface area contributed by atoms with E-state index in [0.29, 0.717) is 0 Å². The summed E-state index contributed by atoms with van der Waals surface area (Å²) in [4.78, 5) is 0. The molecule has 1 aliphatic rings. The summed E-state index contributed by atoms with van der Waals surface area (Å²) in [5.41, 5.74) is 0. The topological polar surface area (TPSA) is 46.5 Å². The van der Waals surface area contributed by atoms with Crippen LogP contribution in [0.1, 0.15) is 25.7 Å². The van der Waals surface area contributed by atoms with Crippen molar-refractivity contribution in [3.05, 3.63) is 0 Å². The van der Waals surface area contributed by atoms with Crippen molar-refractivity contribution in [2.24, 2.45) is 0 Å². The van der Waals surface area contributed by atoms with Gasteiger partial charge in [0, 0.05) is 0 Å². The van der Waals surface area contributed by atoms with Gasteiger partial charge in [-0.05, 0) is 0 Å². The molecule has 1 rings (SSSR count). The number of hydrogen-bond donors (Lipinski definition) is 1. The molecule has 0 aliphatic heterocycles. The van der Waals surface area contributed by atoms with E-state index >= 15 is 0 Å². The Balaban J connectivity index is 0.000000810. The molecule has 0 saturated heterocycles. The zero-order valence-corrected chi connectivity index (χ0v) is 8.89. The van der Waals surface area contributed by atoms with E-state index in [2.05, 4.69) is 0 Å². The second-order valence-electron chi connectivity index (χ2n) is 2.25. The number of hydrogen-bond acceptors (Lipinski definition) is 2. The normalized spacial score (nSPS) is 18.5. The van der Waals surface area contributed by atoms with Gasteiger partial charge in [-0.15, -0.1) is 12.4 Å². The maximum absolute atomic E-state index is 10.2. The molecule has 61 valence electrons. The molecule has 1 N–H and O–H groups in total. The van der Waals surface area contributed by atoms with E-state index in [0.717, 1.165) is 25.7 Å². The maximum atomic E-state index is 10.2. The van der Waals surface area contributed by atoms with E-state index in [1.165, 1.54) is 0 Å². The Hall–Kier alpha value is 0.828. The Morgan fingerprint density at radius 1 is 1.40 bits per heavy atom. The van der Waals surface area contributed by atoms with Gasteiger partial charge in [0.25, 0.3) is 0 Å². The predicted octanol–water partition coefficient (Wildman–Crippen LogP) is 0.775. The third-order valence-corrected chi connectivity index (χ3v) is 2.91. The molecule has 3 nitrogen and oxygen atoms in total. The summed E-state index contributed by atoms with van der Waals surface area (Å²) < 4.78 is 23.4. The summed E-state index contributed by atoms with van der Waals surface area (Å²) >= 11 is -3.34. The Kier molecular flexibility index (Phi) is 5.93. The minimum absolute atomic E-state index is 0. The molecule has 1 fully saturated rings. The number of rotatable bonds is 2. The third-order valence-electron chi connectivity index (χ3n) is 1.54. The molecule has 1 saturated carbocycles. The molecule has 1 radical (unpaired) electrons. The molecule has 0 atom stereocenters. The van der Waals surface area contributed by atoms with Crippen LogP contribution in [0.4, 0.5) is 0 Å². The van der Waals surface area contributed by atoms with Crippen LogP contribution in [0.5, 0.6) is 0 Å². The van der Waals surface area contributed by atoms with Crippen molar-refractivity contribution in [1.29, 1.82) is 0 Å². The summed E-state index contributed by atoms with van der Waals surface area (Å²) in [6, 6.07) is 0. The van der Waals surface area contributed by atoms with Crippen LogP contribution >= 0.6 is 12.4 Å². The van der Waals surface area contributed by atoms with Crippen LogP contribution in [0.3, 0.4) is 0 Å². The van der Waals surface area contributed by atoms with Gasteiger partial charge in [-0.3, -0.25) is 0 Å². The van der Waals surface area contributed by atoms with Crippen LogP contribution in [0.15, 0.2) is 0 Å². The summed E-state index contributed by atoms with van der Waals surface area (Å²) in [6.45, 7) is 0. The Labute approximate surface area is 74.6 Å². The van der Waals surface area contributed by atoms with Crippen LogP contribution in [0.2, 0.25) is 0 Å². The average molecular weight is 276 g/mol. The van der Waals surface area contributed by atoms with Crippen molar-refractivity contribution in [2.45, 2.75) is 31.8 Å². The molecular formula is C5H11ClO3Sb. The molecule has 0 spiro atoms. The summed E-state index contributed by atoms with van der Waals surface area (Å²) in [5.74, 6) is 0. The van der Waals surface area contributed by atoms with Crippen LogP contribution in [-0.4, -0.2) is 30.5 Å². The minimum atomic E-state index is -3.34. The van der Waals surface area contributed by atoms with E-state index in [1.807, 2.05) is 0 Å². The SMILES string of the molecule is Cl.[O]=[Sb]([OH])[O]C1CCCC1. The third kappa shape index (κ3) is 3.87. The van der Waals surface area contributed by atoms with Crippen LogP contribution in [0, 0.1) is 0 Å². The molecule has 0 aromatic carbocycles. The molecule has 10 heavy (non-hydrogen) atoms. The molecule has 0 heterocycles. The van der Waals surface area contributed by atoms with Gasteiger partial charge < -0.3 is 0 Å². The second-order valence-corrected chi connectivity index (χ2v) is 4.21. The zero-order valence-electron chi connectivity index (χ0n) is 5.52. The fourth-order valence-electron chi connectivity index (χ4n) is 1.12. The van der Waals surface area contributed by atoms with Crippen LogP contribution in [-0.2, 0) is 6.03 Å². The van der Waals surface area contributed by atoms with Crippen molar-refractivity contribution in [1.82, 2.24) is 0 Å². The zero-order chi connectivity index (χ0) is 6.69. The number of halogens is 1. The van der Waals surface area contributed by atoms with E-state index < -0.39 is 21.0 Å². The van der Waals surface area contributed by atoms with Gasteiger partial charge in [-0.25, -0.2) is 0 Å². The quantitative estimate of drug-likeness (QED) is 0.758.